The Bertz CT molecular complexity index is 1780. The second-order valence-corrected chi connectivity index (χ2v) is 6.27. The molecule has 0 atom stereocenters. The Hall–Kier alpha value is -5.72. The van der Waals surface area contributed by atoms with Crippen LogP contribution in [0.15, 0.2) is 24.4 Å². The van der Waals surface area contributed by atoms with Gasteiger partial charge in [0.05, 0.1) is 22.9 Å². The van der Waals surface area contributed by atoms with Crippen molar-refractivity contribution in [3.05, 3.63) is 47.2 Å². The summed E-state index contributed by atoms with van der Waals surface area (Å²) < 4.78 is 0. The fourth-order valence-electron chi connectivity index (χ4n) is 2.96. The second-order valence-electron chi connectivity index (χ2n) is 6.27. The number of rotatable bonds is 1. The van der Waals surface area contributed by atoms with Crippen LogP contribution in [0.25, 0.3) is 44.9 Å². The number of hydrogen-bond acceptors (Lipinski definition) is 12. The van der Waals surface area contributed by atoms with E-state index < -0.39 is 0 Å². The van der Waals surface area contributed by atoms with E-state index >= 15 is 0 Å². The van der Waals surface area contributed by atoms with E-state index in [4.69, 9.17) is 21.0 Å². The van der Waals surface area contributed by atoms with Crippen LogP contribution in [0.3, 0.4) is 0 Å². The van der Waals surface area contributed by atoms with Gasteiger partial charge in [0.2, 0.25) is 0 Å². The third kappa shape index (κ3) is 2.82. The maximum absolute atomic E-state index is 9.16. The Morgan fingerprint density at radius 1 is 0.531 bits per heavy atom. The Labute approximate surface area is 177 Å². The predicted molar refractivity (Wildman–Crippen MR) is 106 cm³/mol. The number of fused-ring (bicyclic) bond motifs is 3. The van der Waals surface area contributed by atoms with E-state index in [0.29, 0.717) is 22.3 Å². The van der Waals surface area contributed by atoms with E-state index in [2.05, 4.69) is 39.9 Å². The molecule has 0 unspecified atom stereocenters. The van der Waals surface area contributed by atoms with E-state index in [9.17, 15) is 0 Å². The molecular weight excluding hydrogens is 408 g/mol. The zero-order valence-electron chi connectivity index (χ0n) is 15.7. The molecule has 0 amide bonds. The molecular formula is C20H4N12. The summed E-state index contributed by atoms with van der Waals surface area (Å²) in [4.78, 5) is 33.6. The Morgan fingerprint density at radius 2 is 1.03 bits per heavy atom. The maximum atomic E-state index is 9.16. The molecule has 12 heteroatoms. The molecule has 4 heterocycles. The van der Waals surface area contributed by atoms with Crippen molar-refractivity contribution in [2.75, 3.05) is 0 Å². The van der Waals surface area contributed by atoms with Crippen LogP contribution in [-0.4, -0.2) is 39.9 Å². The molecule has 0 bridgehead atoms. The zero-order valence-corrected chi connectivity index (χ0v) is 15.7. The number of hydrogen-bond donors (Lipinski definition) is 0. The molecule has 4 aromatic heterocycles. The van der Waals surface area contributed by atoms with E-state index in [0.717, 1.165) is 0 Å². The molecule has 0 aliphatic carbocycles. The highest BCUT2D eigenvalue weighted by atomic mass is 15.0. The second kappa shape index (κ2) is 6.96. The summed E-state index contributed by atoms with van der Waals surface area (Å²) in [6, 6.07) is 12.4. The minimum absolute atomic E-state index is 0.117. The van der Waals surface area contributed by atoms with Gasteiger partial charge in [-0.3, -0.25) is 0 Å². The van der Waals surface area contributed by atoms with Crippen molar-refractivity contribution in [2.45, 2.75) is 0 Å². The van der Waals surface area contributed by atoms with Crippen LogP contribution in [0.1, 0.15) is 22.8 Å². The topological polar surface area (TPSA) is 198 Å². The lowest BCUT2D eigenvalue weighted by Crippen LogP contribution is -2.01. The zero-order chi connectivity index (χ0) is 22.2. The van der Waals surface area contributed by atoms with Gasteiger partial charge in [-0.15, -0.1) is 0 Å². The molecule has 0 saturated heterocycles. The number of benzene rings is 1. The number of nitriles is 4. The van der Waals surface area contributed by atoms with Gasteiger partial charge in [-0.25, -0.2) is 39.9 Å². The lowest BCUT2D eigenvalue weighted by Gasteiger charge is -2.05. The van der Waals surface area contributed by atoms with Crippen molar-refractivity contribution in [1.82, 2.24) is 39.9 Å². The molecule has 0 fully saturated rings. The molecule has 144 valence electrons. The first kappa shape index (κ1) is 18.3. The van der Waals surface area contributed by atoms with Gasteiger partial charge >= 0.3 is 0 Å². The molecule has 1 aromatic carbocycles. The summed E-state index contributed by atoms with van der Waals surface area (Å²) in [5.41, 5.74) is 2.08. The van der Waals surface area contributed by atoms with Gasteiger partial charge in [0, 0.05) is 5.56 Å². The smallest absolute Gasteiger partial charge is 0.199 e. The molecule has 0 saturated carbocycles. The van der Waals surface area contributed by atoms with Crippen LogP contribution >= 0.6 is 0 Å². The highest BCUT2D eigenvalue weighted by Gasteiger charge is 2.14. The first-order valence-electron chi connectivity index (χ1n) is 8.78. The summed E-state index contributed by atoms with van der Waals surface area (Å²) >= 11 is 0. The molecule has 5 aromatic rings. The van der Waals surface area contributed by atoms with Gasteiger partial charge < -0.3 is 0 Å². The Morgan fingerprint density at radius 3 is 1.59 bits per heavy atom. The molecule has 12 nitrogen and oxygen atoms in total. The van der Waals surface area contributed by atoms with E-state index in [1.165, 1.54) is 6.20 Å². The SMILES string of the molecule is N#Cc1nc2ncc(-c3ccc4nc5nc(C#N)c(C#N)nc5nc4c3)nc2nc1C#N. The fraction of sp³-hybridized carbons (Fsp3) is 0. The van der Waals surface area contributed by atoms with Crippen LogP contribution in [0.2, 0.25) is 0 Å². The first-order valence-corrected chi connectivity index (χ1v) is 8.78. The average molecular weight is 412 g/mol. The van der Waals surface area contributed by atoms with Crippen molar-refractivity contribution in [3.63, 3.8) is 0 Å². The normalized spacial score (nSPS) is 10.4. The van der Waals surface area contributed by atoms with Crippen molar-refractivity contribution >= 4 is 33.6 Å². The molecule has 0 aliphatic heterocycles. The minimum atomic E-state index is -0.133. The van der Waals surface area contributed by atoms with E-state index in [1.54, 1.807) is 24.3 Å². The van der Waals surface area contributed by atoms with Crippen molar-refractivity contribution < 1.29 is 0 Å². The van der Waals surface area contributed by atoms with Crippen LogP contribution in [-0.2, 0) is 0 Å². The van der Waals surface area contributed by atoms with Crippen LogP contribution < -0.4 is 0 Å². The highest BCUT2D eigenvalue weighted by Crippen LogP contribution is 2.23. The van der Waals surface area contributed by atoms with Crippen molar-refractivity contribution in [1.29, 1.82) is 21.0 Å². The third-order valence-corrected chi connectivity index (χ3v) is 4.40. The first-order chi connectivity index (χ1) is 15.6. The van der Waals surface area contributed by atoms with Crippen LogP contribution in [0, 0.1) is 45.3 Å². The lowest BCUT2D eigenvalue weighted by atomic mass is 10.1. The van der Waals surface area contributed by atoms with E-state index in [-0.39, 0.29) is 45.4 Å². The average Bonchev–Trinajstić information content (AvgIpc) is 2.84. The van der Waals surface area contributed by atoms with Crippen LogP contribution in [0.4, 0.5) is 0 Å². The fourth-order valence-corrected chi connectivity index (χ4v) is 2.96. The summed E-state index contributed by atoms with van der Waals surface area (Å²) in [6.07, 6.45) is 1.46. The molecule has 0 N–H and O–H groups in total. The molecule has 0 spiro atoms. The highest BCUT2D eigenvalue weighted by molar-refractivity contribution is 5.86. The predicted octanol–water partition coefficient (Wildman–Crippen LogP) is 1.46. The van der Waals surface area contributed by atoms with Crippen molar-refractivity contribution in [2.24, 2.45) is 0 Å². The van der Waals surface area contributed by atoms with Crippen LogP contribution in [0.5, 0.6) is 0 Å². The summed E-state index contributed by atoms with van der Waals surface area (Å²) in [7, 11) is 0. The van der Waals surface area contributed by atoms with Gasteiger partial charge in [0.25, 0.3) is 0 Å². The summed E-state index contributed by atoms with van der Waals surface area (Å²) in [5, 5.41) is 36.5. The molecule has 0 aliphatic rings. The van der Waals surface area contributed by atoms with Gasteiger partial charge in [0.1, 0.15) is 24.3 Å². The molecule has 5 rings (SSSR count). The summed E-state index contributed by atoms with van der Waals surface area (Å²) in [5.74, 6) is 0. The number of aromatic nitrogens is 8. The Kier molecular flexibility index (Phi) is 3.98. The van der Waals surface area contributed by atoms with Gasteiger partial charge in [-0.05, 0) is 12.1 Å². The molecule has 0 radical (unpaired) electrons. The van der Waals surface area contributed by atoms with Gasteiger partial charge in [-0.1, -0.05) is 6.07 Å². The lowest BCUT2D eigenvalue weighted by molar-refractivity contribution is 1.12. The largest absolute Gasteiger partial charge is 0.232 e. The minimum Gasteiger partial charge on any atom is -0.232 e. The molecule has 32 heavy (non-hydrogen) atoms. The van der Waals surface area contributed by atoms with Gasteiger partial charge in [-0.2, -0.15) is 21.0 Å². The standard InChI is InChI=1S/C20H4N12/c21-4-12-13(5-22)29-18-17(28-12)25-8-16(32-18)9-1-2-10-11(3-9)27-20-19(26-10)30-14(6-23)15(7-24)31-20/h1-3,8H. The van der Waals surface area contributed by atoms with E-state index in [1.807, 2.05) is 18.2 Å². The Balaban J connectivity index is 1.67. The monoisotopic (exact) mass is 412 g/mol. The number of nitrogens with zero attached hydrogens (tertiary/aromatic N) is 12. The maximum Gasteiger partial charge on any atom is 0.199 e. The third-order valence-electron chi connectivity index (χ3n) is 4.40. The van der Waals surface area contributed by atoms with Gasteiger partial charge in [0.15, 0.2) is 45.4 Å². The van der Waals surface area contributed by atoms with Crippen molar-refractivity contribution in [3.8, 4) is 35.5 Å². The summed E-state index contributed by atoms with van der Waals surface area (Å²) in [6.45, 7) is 0. The quantitative estimate of drug-likeness (QED) is 0.359.